The summed E-state index contributed by atoms with van der Waals surface area (Å²) in [6.07, 6.45) is 0. The van der Waals surface area contributed by atoms with Crippen LogP contribution in [-0.2, 0) is 0 Å². The van der Waals surface area contributed by atoms with Gasteiger partial charge in [-0.05, 0) is 6.07 Å². The van der Waals surface area contributed by atoms with Crippen molar-refractivity contribution < 1.29 is 4.39 Å². The van der Waals surface area contributed by atoms with Gasteiger partial charge in [-0.15, -0.1) is 0 Å². The SMILES string of the molecule is C[N+](C)(C)c1ccccc1F.[SnH4]. The molecule has 0 radical (unpaired) electrons. The summed E-state index contributed by atoms with van der Waals surface area (Å²) in [6, 6.07) is 6.84. The third kappa shape index (κ3) is 2.75. The van der Waals surface area contributed by atoms with Crippen LogP contribution in [0.1, 0.15) is 0 Å². The number of nitrogens with zero attached hydrogens (tertiary/aromatic N) is 1. The molecular weight excluding hydrogens is 260 g/mol. The van der Waals surface area contributed by atoms with Gasteiger partial charge >= 0.3 is 23.9 Å². The standard InChI is InChI=1S/C9H13FN.Sn.4H/c1-11(2,3)9-7-5-4-6-8(9)10;;;;;/h4-7H,1-3H3;;;;;/q+1;;;;;. The predicted molar refractivity (Wildman–Crippen MR) is 57.3 cm³/mol. The van der Waals surface area contributed by atoms with Crippen LogP contribution in [0.3, 0.4) is 0 Å². The zero-order chi connectivity index (χ0) is 8.48. The third-order valence-corrected chi connectivity index (χ3v) is 1.58. The molecule has 1 nitrogen and oxygen atoms in total. The van der Waals surface area contributed by atoms with Gasteiger partial charge < -0.3 is 0 Å². The first-order valence-electron chi connectivity index (χ1n) is 3.58. The molecule has 0 saturated heterocycles. The molecule has 0 unspecified atom stereocenters. The van der Waals surface area contributed by atoms with Crippen LogP contribution in [0.2, 0.25) is 0 Å². The van der Waals surface area contributed by atoms with Gasteiger partial charge in [-0.3, -0.25) is 4.48 Å². The quantitative estimate of drug-likeness (QED) is 0.520. The molecule has 1 aromatic rings. The van der Waals surface area contributed by atoms with Crippen molar-refractivity contribution in [2.75, 3.05) is 21.1 Å². The third-order valence-electron chi connectivity index (χ3n) is 1.58. The van der Waals surface area contributed by atoms with Crippen molar-refractivity contribution >= 4 is 29.6 Å². The fourth-order valence-electron chi connectivity index (χ4n) is 0.996. The van der Waals surface area contributed by atoms with Gasteiger partial charge in [-0.2, -0.15) is 0 Å². The molecule has 0 amide bonds. The number of benzene rings is 1. The van der Waals surface area contributed by atoms with Crippen molar-refractivity contribution in [3.63, 3.8) is 0 Å². The number of hydrogen-bond acceptors (Lipinski definition) is 0. The van der Waals surface area contributed by atoms with Gasteiger partial charge in [0.05, 0.1) is 21.1 Å². The molecule has 0 bridgehead atoms. The van der Waals surface area contributed by atoms with Gasteiger partial charge in [0.2, 0.25) is 0 Å². The summed E-state index contributed by atoms with van der Waals surface area (Å²) in [7, 11) is 5.83. The van der Waals surface area contributed by atoms with Crippen LogP contribution in [0.15, 0.2) is 24.3 Å². The average molecular weight is 277 g/mol. The van der Waals surface area contributed by atoms with Gasteiger partial charge in [0.15, 0.2) is 11.5 Å². The normalized spacial score (nSPS) is 10.7. The zero-order valence-electron chi connectivity index (χ0n) is 7.13. The van der Waals surface area contributed by atoms with Crippen LogP contribution in [0, 0.1) is 5.82 Å². The van der Waals surface area contributed by atoms with E-state index in [0.717, 1.165) is 0 Å². The second-order valence-electron chi connectivity index (χ2n) is 3.46. The van der Waals surface area contributed by atoms with Gasteiger partial charge in [0.25, 0.3) is 0 Å². The molecule has 0 aliphatic rings. The van der Waals surface area contributed by atoms with Crippen LogP contribution in [0.25, 0.3) is 0 Å². The molecule has 0 fully saturated rings. The Balaban J connectivity index is 0.00000121. The average Bonchev–Trinajstić information content (AvgIpc) is 1.86. The van der Waals surface area contributed by atoms with E-state index in [-0.39, 0.29) is 29.7 Å². The maximum absolute atomic E-state index is 13.1. The fourth-order valence-corrected chi connectivity index (χ4v) is 0.996. The van der Waals surface area contributed by atoms with E-state index < -0.39 is 0 Å². The molecule has 68 valence electrons. The predicted octanol–water partition coefficient (Wildman–Crippen LogP) is 0.571. The first-order valence-corrected chi connectivity index (χ1v) is 3.58. The minimum absolute atomic E-state index is 0. The van der Waals surface area contributed by atoms with Gasteiger partial charge in [-0.25, -0.2) is 4.39 Å². The van der Waals surface area contributed by atoms with Crippen molar-refractivity contribution in [2.45, 2.75) is 0 Å². The maximum atomic E-state index is 13.1. The second-order valence-corrected chi connectivity index (χ2v) is 3.46. The number of halogens is 1. The molecule has 0 spiro atoms. The molecule has 0 aliphatic carbocycles. The van der Waals surface area contributed by atoms with Crippen molar-refractivity contribution in [3.8, 4) is 0 Å². The van der Waals surface area contributed by atoms with E-state index in [0.29, 0.717) is 10.2 Å². The summed E-state index contributed by atoms with van der Waals surface area (Å²) in [4.78, 5) is 0. The Morgan fingerprint density at radius 1 is 1.08 bits per heavy atom. The van der Waals surface area contributed by atoms with E-state index in [1.807, 2.05) is 27.2 Å². The van der Waals surface area contributed by atoms with Crippen molar-refractivity contribution in [2.24, 2.45) is 0 Å². The summed E-state index contributed by atoms with van der Waals surface area (Å²) in [5, 5.41) is 0. The monoisotopic (exact) mass is 278 g/mol. The first-order chi connectivity index (χ1) is 5.02. The fraction of sp³-hybridized carbons (Fsp3) is 0.333. The Morgan fingerprint density at radius 3 is 1.92 bits per heavy atom. The Hall–Kier alpha value is -0.0913. The Morgan fingerprint density at radius 2 is 1.58 bits per heavy atom. The van der Waals surface area contributed by atoms with Crippen molar-refractivity contribution in [1.29, 1.82) is 0 Å². The minimum atomic E-state index is -0.139. The first kappa shape index (κ1) is 11.9. The molecule has 1 aromatic carbocycles. The van der Waals surface area contributed by atoms with Crippen LogP contribution < -0.4 is 4.48 Å². The van der Waals surface area contributed by atoms with E-state index in [9.17, 15) is 4.39 Å². The number of para-hydroxylation sites is 1. The summed E-state index contributed by atoms with van der Waals surface area (Å²) in [5.41, 5.74) is 0.715. The van der Waals surface area contributed by atoms with Crippen LogP contribution in [0.5, 0.6) is 0 Å². The van der Waals surface area contributed by atoms with E-state index >= 15 is 0 Å². The molecule has 12 heavy (non-hydrogen) atoms. The topological polar surface area (TPSA) is 0 Å². The Labute approximate surface area is 89.7 Å². The van der Waals surface area contributed by atoms with Crippen LogP contribution >= 0.6 is 0 Å². The molecule has 3 heteroatoms. The zero-order valence-corrected chi connectivity index (χ0v) is 7.13. The van der Waals surface area contributed by atoms with E-state index in [4.69, 9.17) is 0 Å². The Kier molecular flexibility index (Phi) is 4.20. The molecule has 1 rings (SSSR count). The van der Waals surface area contributed by atoms with Gasteiger partial charge in [0, 0.05) is 6.07 Å². The molecule has 0 atom stereocenters. The Bertz CT molecular complexity index is 255. The molecule has 0 aromatic heterocycles. The molecule has 0 aliphatic heterocycles. The molecule has 0 saturated carbocycles. The van der Waals surface area contributed by atoms with Crippen LogP contribution in [-0.4, -0.2) is 45.1 Å². The summed E-state index contributed by atoms with van der Waals surface area (Å²) in [6.45, 7) is 0. The molecule has 0 heterocycles. The summed E-state index contributed by atoms with van der Waals surface area (Å²) < 4.78 is 13.6. The van der Waals surface area contributed by atoms with E-state index in [1.54, 1.807) is 12.1 Å². The second kappa shape index (κ2) is 4.23. The molecule has 0 N–H and O–H groups in total. The van der Waals surface area contributed by atoms with Crippen molar-refractivity contribution in [3.05, 3.63) is 30.1 Å². The van der Waals surface area contributed by atoms with Crippen LogP contribution in [0.4, 0.5) is 10.1 Å². The van der Waals surface area contributed by atoms with Gasteiger partial charge in [0.1, 0.15) is 0 Å². The van der Waals surface area contributed by atoms with E-state index in [2.05, 4.69) is 0 Å². The summed E-state index contributed by atoms with van der Waals surface area (Å²) >= 11 is 0. The number of rotatable bonds is 1. The van der Waals surface area contributed by atoms with Gasteiger partial charge in [-0.1, -0.05) is 12.1 Å². The molecular formula is C9H17FNSn+. The number of quaternary nitrogens is 1. The van der Waals surface area contributed by atoms with Crippen molar-refractivity contribution in [1.82, 2.24) is 4.48 Å². The number of hydrogen-bond donors (Lipinski definition) is 0. The summed E-state index contributed by atoms with van der Waals surface area (Å²) in [5.74, 6) is -0.139. The van der Waals surface area contributed by atoms with E-state index in [1.165, 1.54) is 6.07 Å².